The van der Waals surface area contributed by atoms with Crippen LogP contribution in [0.2, 0.25) is 0 Å². The van der Waals surface area contributed by atoms with Crippen LogP contribution in [0, 0.1) is 17.2 Å². The number of aromatic nitrogens is 1. The summed E-state index contributed by atoms with van der Waals surface area (Å²) in [6.07, 6.45) is 3.96. The Morgan fingerprint density at radius 3 is 3.17 bits per heavy atom. The van der Waals surface area contributed by atoms with Gasteiger partial charge < -0.3 is 15.8 Å². The molecule has 3 N–H and O–H groups in total. The topological polar surface area (TPSA) is 84.0 Å². The van der Waals surface area contributed by atoms with Crippen molar-refractivity contribution in [1.82, 2.24) is 4.98 Å². The normalized spacial score (nSPS) is 22.7. The largest absolute Gasteiger partial charge is 0.396 e. The van der Waals surface area contributed by atoms with E-state index in [9.17, 15) is 0 Å². The molecule has 0 aliphatic carbocycles. The highest BCUT2D eigenvalue weighted by Crippen LogP contribution is 2.24. The van der Waals surface area contributed by atoms with Crippen LogP contribution in [0.1, 0.15) is 25.3 Å². The molecule has 2 rings (SSSR count). The number of nitrogens with zero attached hydrogens (tertiary/aromatic N) is 2. The second kappa shape index (κ2) is 5.69. The summed E-state index contributed by atoms with van der Waals surface area (Å²) < 4.78 is 5.64. The summed E-state index contributed by atoms with van der Waals surface area (Å²) in [6.45, 7) is 3.78. The molecule has 1 aromatic heterocycles. The minimum atomic E-state index is 0.331. The lowest BCUT2D eigenvalue weighted by Gasteiger charge is -2.18. The molecule has 0 radical (unpaired) electrons. The molecule has 1 fully saturated rings. The van der Waals surface area contributed by atoms with Gasteiger partial charge in [0.05, 0.1) is 17.4 Å². The van der Waals surface area contributed by atoms with Crippen LogP contribution in [0.5, 0.6) is 0 Å². The molecule has 96 valence electrons. The van der Waals surface area contributed by atoms with Crippen LogP contribution in [0.15, 0.2) is 12.3 Å². The SMILES string of the molecule is CCC1OCCC1CNc1ncc(C#N)cc1N. The van der Waals surface area contributed by atoms with Crippen LogP contribution in [0.3, 0.4) is 0 Å². The second-order valence-electron chi connectivity index (χ2n) is 4.52. The molecular weight excluding hydrogens is 228 g/mol. The standard InChI is InChI=1S/C13H18N4O/c1-2-12-10(3-4-18-12)8-17-13-11(15)5-9(6-14)7-16-13/h5,7,10,12H,2-4,8,15H2,1H3,(H,16,17). The highest BCUT2D eigenvalue weighted by molar-refractivity contribution is 5.63. The van der Waals surface area contributed by atoms with Crippen molar-refractivity contribution in [3.63, 3.8) is 0 Å². The monoisotopic (exact) mass is 246 g/mol. The van der Waals surface area contributed by atoms with Crippen molar-refractivity contribution in [1.29, 1.82) is 5.26 Å². The second-order valence-corrected chi connectivity index (χ2v) is 4.52. The average molecular weight is 246 g/mol. The van der Waals surface area contributed by atoms with Gasteiger partial charge in [0.2, 0.25) is 0 Å². The Morgan fingerprint density at radius 2 is 2.50 bits per heavy atom. The molecule has 2 heterocycles. The number of anilines is 2. The smallest absolute Gasteiger partial charge is 0.149 e. The lowest BCUT2D eigenvalue weighted by molar-refractivity contribution is 0.0900. The number of rotatable bonds is 4. The van der Waals surface area contributed by atoms with Gasteiger partial charge in [-0.3, -0.25) is 0 Å². The fourth-order valence-electron chi connectivity index (χ4n) is 2.30. The lowest BCUT2D eigenvalue weighted by Crippen LogP contribution is -2.23. The molecule has 5 nitrogen and oxygen atoms in total. The van der Waals surface area contributed by atoms with Gasteiger partial charge in [0.1, 0.15) is 11.9 Å². The fraction of sp³-hybridized carbons (Fsp3) is 0.538. The minimum absolute atomic E-state index is 0.331. The molecule has 0 spiro atoms. The average Bonchev–Trinajstić information content (AvgIpc) is 2.84. The van der Waals surface area contributed by atoms with E-state index in [1.807, 2.05) is 6.07 Å². The first-order valence-corrected chi connectivity index (χ1v) is 6.25. The molecule has 0 saturated carbocycles. The summed E-state index contributed by atoms with van der Waals surface area (Å²) in [5.41, 5.74) is 6.84. The van der Waals surface area contributed by atoms with Gasteiger partial charge in [0.15, 0.2) is 0 Å². The summed E-state index contributed by atoms with van der Waals surface area (Å²) in [5.74, 6) is 1.16. The van der Waals surface area contributed by atoms with E-state index in [2.05, 4.69) is 17.2 Å². The Bertz CT molecular complexity index is 455. The zero-order valence-corrected chi connectivity index (χ0v) is 10.5. The Hall–Kier alpha value is -1.80. The highest BCUT2D eigenvalue weighted by Gasteiger charge is 2.26. The number of nitrogens with two attached hydrogens (primary N) is 1. The van der Waals surface area contributed by atoms with E-state index in [-0.39, 0.29) is 0 Å². The summed E-state index contributed by atoms with van der Waals surface area (Å²) in [6, 6.07) is 3.65. The predicted octanol–water partition coefficient (Wildman–Crippen LogP) is 1.76. The number of nitrogen functional groups attached to an aromatic ring is 1. The van der Waals surface area contributed by atoms with Crippen LogP contribution < -0.4 is 11.1 Å². The van der Waals surface area contributed by atoms with Crippen molar-refractivity contribution in [2.45, 2.75) is 25.9 Å². The number of nitrogens with one attached hydrogen (secondary N) is 1. The summed E-state index contributed by atoms with van der Waals surface area (Å²) in [7, 11) is 0. The molecule has 2 unspecified atom stereocenters. The molecule has 1 aromatic rings. The first-order valence-electron chi connectivity index (χ1n) is 6.25. The van der Waals surface area contributed by atoms with E-state index in [0.717, 1.165) is 26.0 Å². The van der Waals surface area contributed by atoms with Crippen molar-refractivity contribution in [2.24, 2.45) is 5.92 Å². The van der Waals surface area contributed by atoms with Crippen LogP contribution in [0.4, 0.5) is 11.5 Å². The number of hydrogen-bond donors (Lipinski definition) is 2. The van der Waals surface area contributed by atoms with Gasteiger partial charge in [-0.15, -0.1) is 0 Å². The van der Waals surface area contributed by atoms with E-state index < -0.39 is 0 Å². The van der Waals surface area contributed by atoms with Crippen molar-refractivity contribution >= 4 is 11.5 Å². The van der Waals surface area contributed by atoms with Gasteiger partial charge >= 0.3 is 0 Å². The van der Waals surface area contributed by atoms with E-state index in [1.165, 1.54) is 6.20 Å². The maximum Gasteiger partial charge on any atom is 0.149 e. The van der Waals surface area contributed by atoms with E-state index in [0.29, 0.717) is 29.1 Å². The molecule has 1 aliphatic rings. The Labute approximate surface area is 107 Å². The van der Waals surface area contributed by atoms with E-state index >= 15 is 0 Å². The minimum Gasteiger partial charge on any atom is -0.396 e. The van der Waals surface area contributed by atoms with Crippen LogP contribution in [-0.4, -0.2) is 24.2 Å². The molecule has 0 amide bonds. The number of nitriles is 1. The molecule has 5 heteroatoms. The van der Waals surface area contributed by atoms with E-state index in [4.69, 9.17) is 15.7 Å². The van der Waals surface area contributed by atoms with Gasteiger partial charge in [0.25, 0.3) is 0 Å². The highest BCUT2D eigenvalue weighted by atomic mass is 16.5. The third-order valence-corrected chi connectivity index (χ3v) is 3.33. The summed E-state index contributed by atoms with van der Waals surface area (Å²) >= 11 is 0. The van der Waals surface area contributed by atoms with E-state index in [1.54, 1.807) is 6.07 Å². The van der Waals surface area contributed by atoms with Gasteiger partial charge in [-0.1, -0.05) is 6.92 Å². The van der Waals surface area contributed by atoms with Crippen molar-refractivity contribution < 1.29 is 4.74 Å². The van der Waals surface area contributed by atoms with Crippen LogP contribution in [-0.2, 0) is 4.74 Å². The molecule has 18 heavy (non-hydrogen) atoms. The quantitative estimate of drug-likeness (QED) is 0.845. The fourth-order valence-corrected chi connectivity index (χ4v) is 2.30. The predicted molar refractivity (Wildman–Crippen MR) is 70.0 cm³/mol. The van der Waals surface area contributed by atoms with Gasteiger partial charge in [0, 0.05) is 25.3 Å². The Balaban J connectivity index is 1.96. The maximum atomic E-state index is 8.74. The zero-order valence-electron chi connectivity index (χ0n) is 10.5. The molecule has 0 bridgehead atoms. The van der Waals surface area contributed by atoms with Gasteiger partial charge in [-0.05, 0) is 18.9 Å². The first kappa shape index (κ1) is 12.7. The van der Waals surface area contributed by atoms with Crippen LogP contribution in [0.25, 0.3) is 0 Å². The van der Waals surface area contributed by atoms with Crippen molar-refractivity contribution in [3.05, 3.63) is 17.8 Å². The summed E-state index contributed by atoms with van der Waals surface area (Å²) in [5, 5.41) is 12.0. The number of pyridine rings is 1. The molecule has 1 aliphatic heterocycles. The number of ether oxygens (including phenoxy) is 1. The molecule has 2 atom stereocenters. The summed E-state index contributed by atoms with van der Waals surface area (Å²) in [4.78, 5) is 4.16. The zero-order chi connectivity index (χ0) is 13.0. The van der Waals surface area contributed by atoms with Crippen molar-refractivity contribution in [2.75, 3.05) is 24.2 Å². The van der Waals surface area contributed by atoms with Crippen LogP contribution >= 0.6 is 0 Å². The molecule has 0 aromatic carbocycles. The van der Waals surface area contributed by atoms with Gasteiger partial charge in [-0.2, -0.15) is 5.26 Å². The number of hydrogen-bond acceptors (Lipinski definition) is 5. The third kappa shape index (κ3) is 2.71. The molecular formula is C13H18N4O. The Morgan fingerprint density at radius 1 is 1.67 bits per heavy atom. The van der Waals surface area contributed by atoms with Crippen molar-refractivity contribution in [3.8, 4) is 6.07 Å². The lowest BCUT2D eigenvalue weighted by atomic mass is 10.00. The first-order chi connectivity index (χ1) is 8.74. The van der Waals surface area contributed by atoms with Gasteiger partial charge in [-0.25, -0.2) is 4.98 Å². The maximum absolute atomic E-state index is 8.74. The third-order valence-electron chi connectivity index (χ3n) is 3.33. The Kier molecular flexibility index (Phi) is 4.00. The molecule has 1 saturated heterocycles.